The molecular formula is C14H17N5O3. The van der Waals surface area contributed by atoms with E-state index in [1.807, 2.05) is 6.07 Å². The van der Waals surface area contributed by atoms with Gasteiger partial charge in [0.2, 0.25) is 5.91 Å². The number of nitrogens with one attached hydrogen (secondary N) is 2. The van der Waals surface area contributed by atoms with Crippen molar-refractivity contribution in [1.29, 1.82) is 0 Å². The molecule has 1 atom stereocenters. The molecule has 2 N–H and O–H groups in total. The second-order valence-electron chi connectivity index (χ2n) is 5.51. The number of aromatic nitrogens is 2. The molecular weight excluding hydrogens is 286 g/mol. The van der Waals surface area contributed by atoms with Gasteiger partial charge in [0.15, 0.2) is 0 Å². The second-order valence-corrected chi connectivity index (χ2v) is 5.51. The van der Waals surface area contributed by atoms with Gasteiger partial charge in [-0.25, -0.2) is 14.8 Å². The first kappa shape index (κ1) is 14.4. The molecule has 0 bridgehead atoms. The van der Waals surface area contributed by atoms with Gasteiger partial charge in [0.05, 0.1) is 6.42 Å². The van der Waals surface area contributed by atoms with E-state index in [-0.39, 0.29) is 12.3 Å². The molecule has 4 amide bonds. The first-order valence-electron chi connectivity index (χ1n) is 7.28. The predicted octanol–water partition coefficient (Wildman–Crippen LogP) is -0.219. The van der Waals surface area contributed by atoms with Crippen molar-refractivity contribution in [2.24, 2.45) is 0 Å². The highest BCUT2D eigenvalue weighted by Gasteiger charge is 2.33. The lowest BCUT2D eigenvalue weighted by Gasteiger charge is -2.32. The predicted molar refractivity (Wildman–Crippen MR) is 75.7 cm³/mol. The summed E-state index contributed by atoms with van der Waals surface area (Å²) < 4.78 is 0. The molecule has 3 heterocycles. The van der Waals surface area contributed by atoms with E-state index in [9.17, 15) is 14.4 Å². The molecule has 0 radical (unpaired) electrons. The molecule has 8 nitrogen and oxygen atoms in total. The van der Waals surface area contributed by atoms with Crippen LogP contribution in [0.5, 0.6) is 0 Å². The molecule has 8 heteroatoms. The van der Waals surface area contributed by atoms with E-state index in [0.29, 0.717) is 19.0 Å². The van der Waals surface area contributed by atoms with Crippen LogP contribution in [-0.2, 0) is 9.59 Å². The maximum atomic E-state index is 12.2. The Bertz CT molecular complexity index is 583. The maximum absolute atomic E-state index is 12.2. The van der Waals surface area contributed by atoms with Gasteiger partial charge in [0, 0.05) is 30.9 Å². The number of nitrogens with zero attached hydrogens (tertiary/aromatic N) is 3. The van der Waals surface area contributed by atoms with E-state index in [1.54, 1.807) is 11.1 Å². The van der Waals surface area contributed by atoms with Gasteiger partial charge in [0.25, 0.3) is 5.91 Å². The van der Waals surface area contributed by atoms with Crippen molar-refractivity contribution in [2.75, 3.05) is 13.1 Å². The van der Waals surface area contributed by atoms with E-state index in [2.05, 4.69) is 20.6 Å². The van der Waals surface area contributed by atoms with Gasteiger partial charge in [-0.1, -0.05) is 0 Å². The van der Waals surface area contributed by atoms with Crippen molar-refractivity contribution in [3.05, 3.63) is 24.3 Å². The van der Waals surface area contributed by atoms with Crippen LogP contribution in [0.1, 0.15) is 30.9 Å². The van der Waals surface area contributed by atoms with Crippen LogP contribution in [0.4, 0.5) is 4.79 Å². The lowest BCUT2D eigenvalue weighted by atomic mass is 9.93. The van der Waals surface area contributed by atoms with Gasteiger partial charge in [-0.2, -0.15) is 0 Å². The third-order valence-corrected chi connectivity index (χ3v) is 4.11. The fourth-order valence-corrected chi connectivity index (χ4v) is 2.87. The number of carbonyl (C=O) groups is 3. The summed E-state index contributed by atoms with van der Waals surface area (Å²) in [5, 5.41) is 4.57. The Hall–Kier alpha value is -2.51. The number of likely N-dealkylation sites (tertiary alicyclic amines) is 1. The zero-order valence-electron chi connectivity index (χ0n) is 12.0. The third-order valence-electron chi connectivity index (χ3n) is 4.11. The summed E-state index contributed by atoms with van der Waals surface area (Å²) >= 11 is 0. The average Bonchev–Trinajstić information content (AvgIpc) is 2.86. The monoisotopic (exact) mass is 303 g/mol. The van der Waals surface area contributed by atoms with E-state index >= 15 is 0 Å². The standard InChI is InChI=1S/C14H17N5O3/c20-12(7-11-13(21)18-14(22)17-11)19-5-2-9(3-6-19)10-1-4-15-8-16-10/h1,4,8-9,11H,2-3,5-7H2,(H2,17,18,21,22)/t11-/m1/s1. The molecule has 0 spiro atoms. The summed E-state index contributed by atoms with van der Waals surface area (Å²) in [4.78, 5) is 44.6. The minimum atomic E-state index is -0.750. The number of amides is 4. The number of hydrogen-bond donors (Lipinski definition) is 2. The molecule has 22 heavy (non-hydrogen) atoms. The number of hydrogen-bond acceptors (Lipinski definition) is 5. The van der Waals surface area contributed by atoms with Gasteiger partial charge < -0.3 is 10.2 Å². The van der Waals surface area contributed by atoms with Crippen LogP contribution in [0.3, 0.4) is 0 Å². The number of rotatable bonds is 3. The lowest BCUT2D eigenvalue weighted by Crippen LogP contribution is -2.42. The highest BCUT2D eigenvalue weighted by molar-refractivity contribution is 6.05. The number of imide groups is 1. The Morgan fingerprint density at radius 1 is 1.32 bits per heavy atom. The number of carbonyl (C=O) groups excluding carboxylic acids is 3. The van der Waals surface area contributed by atoms with Gasteiger partial charge in [-0.3, -0.25) is 14.9 Å². The summed E-state index contributed by atoms with van der Waals surface area (Å²) in [6.45, 7) is 1.27. The van der Waals surface area contributed by atoms with Crippen LogP contribution in [0, 0.1) is 0 Å². The third kappa shape index (κ3) is 3.05. The Morgan fingerprint density at radius 3 is 2.68 bits per heavy atom. The first-order chi connectivity index (χ1) is 10.6. The zero-order chi connectivity index (χ0) is 15.5. The van der Waals surface area contributed by atoms with Crippen molar-refractivity contribution in [2.45, 2.75) is 31.2 Å². The summed E-state index contributed by atoms with van der Waals surface area (Å²) in [6, 6.07) is 0.616. The topological polar surface area (TPSA) is 104 Å². The van der Waals surface area contributed by atoms with E-state index in [0.717, 1.165) is 18.5 Å². The van der Waals surface area contributed by atoms with Crippen LogP contribution >= 0.6 is 0 Å². The molecule has 2 aliphatic heterocycles. The molecule has 2 fully saturated rings. The summed E-state index contributed by atoms with van der Waals surface area (Å²) in [6.07, 6.45) is 4.95. The van der Waals surface area contributed by atoms with Crippen molar-refractivity contribution in [3.63, 3.8) is 0 Å². The Kier molecular flexibility index (Phi) is 3.99. The molecule has 116 valence electrons. The fourth-order valence-electron chi connectivity index (χ4n) is 2.87. The minimum absolute atomic E-state index is 0.00967. The fraction of sp³-hybridized carbons (Fsp3) is 0.500. The van der Waals surface area contributed by atoms with E-state index < -0.39 is 18.0 Å². The van der Waals surface area contributed by atoms with Crippen molar-refractivity contribution >= 4 is 17.8 Å². The van der Waals surface area contributed by atoms with Gasteiger partial charge in [-0.15, -0.1) is 0 Å². The van der Waals surface area contributed by atoms with E-state index in [4.69, 9.17) is 0 Å². The summed E-state index contributed by atoms with van der Waals surface area (Å²) in [7, 11) is 0. The van der Waals surface area contributed by atoms with Gasteiger partial charge >= 0.3 is 6.03 Å². The van der Waals surface area contributed by atoms with Crippen LogP contribution in [-0.4, -0.2) is 51.8 Å². The highest BCUT2D eigenvalue weighted by atomic mass is 16.2. The molecule has 2 saturated heterocycles. The molecule has 0 aromatic carbocycles. The zero-order valence-corrected chi connectivity index (χ0v) is 12.0. The minimum Gasteiger partial charge on any atom is -0.343 e. The van der Waals surface area contributed by atoms with Crippen LogP contribution in [0.2, 0.25) is 0 Å². The maximum Gasteiger partial charge on any atom is 0.322 e. The molecule has 2 aliphatic rings. The van der Waals surface area contributed by atoms with Crippen molar-refractivity contribution < 1.29 is 14.4 Å². The smallest absolute Gasteiger partial charge is 0.322 e. The summed E-state index contributed by atoms with van der Waals surface area (Å²) in [5.74, 6) is -0.209. The summed E-state index contributed by atoms with van der Waals surface area (Å²) in [5.41, 5.74) is 1.00. The SMILES string of the molecule is O=C1NC(=O)[C@@H](CC(=O)N2CCC(c3ccncn3)CC2)N1. The van der Waals surface area contributed by atoms with Crippen LogP contribution in [0.25, 0.3) is 0 Å². The molecule has 0 aliphatic carbocycles. The van der Waals surface area contributed by atoms with E-state index in [1.165, 1.54) is 6.33 Å². The molecule has 0 unspecified atom stereocenters. The quantitative estimate of drug-likeness (QED) is 0.751. The molecule has 1 aromatic rings. The second kappa shape index (κ2) is 6.08. The first-order valence-corrected chi connectivity index (χ1v) is 7.28. The van der Waals surface area contributed by atoms with Crippen LogP contribution in [0.15, 0.2) is 18.6 Å². The van der Waals surface area contributed by atoms with Crippen molar-refractivity contribution in [3.8, 4) is 0 Å². The lowest BCUT2D eigenvalue weighted by molar-refractivity contribution is -0.134. The normalized spacial score (nSPS) is 22.4. The molecule has 1 aromatic heterocycles. The Balaban J connectivity index is 1.52. The average molecular weight is 303 g/mol. The Morgan fingerprint density at radius 2 is 2.09 bits per heavy atom. The highest BCUT2D eigenvalue weighted by Crippen LogP contribution is 2.26. The molecule has 3 rings (SSSR count). The van der Waals surface area contributed by atoms with Crippen molar-refractivity contribution in [1.82, 2.24) is 25.5 Å². The Labute approximate surface area is 127 Å². The van der Waals surface area contributed by atoms with Gasteiger partial charge in [0.1, 0.15) is 12.4 Å². The molecule has 0 saturated carbocycles. The largest absolute Gasteiger partial charge is 0.343 e. The number of piperidine rings is 1. The van der Waals surface area contributed by atoms with Gasteiger partial charge in [-0.05, 0) is 18.9 Å². The van der Waals surface area contributed by atoms with Crippen LogP contribution < -0.4 is 10.6 Å². The number of urea groups is 1.